The van der Waals surface area contributed by atoms with Crippen LogP contribution in [0.2, 0.25) is 5.02 Å². The van der Waals surface area contributed by atoms with Gasteiger partial charge in [-0.25, -0.2) is 9.37 Å². The predicted molar refractivity (Wildman–Crippen MR) is 105 cm³/mol. The molecule has 7 heteroatoms. The van der Waals surface area contributed by atoms with Gasteiger partial charge in [0.15, 0.2) is 5.13 Å². The smallest absolute Gasteiger partial charge is 0.268 e. The van der Waals surface area contributed by atoms with Crippen LogP contribution in [0.25, 0.3) is 6.08 Å². The van der Waals surface area contributed by atoms with Gasteiger partial charge in [0.05, 0.1) is 0 Å². The van der Waals surface area contributed by atoms with E-state index >= 15 is 0 Å². The molecule has 0 saturated heterocycles. The number of benzene rings is 2. The number of hydrogen-bond donors (Lipinski definition) is 1. The van der Waals surface area contributed by atoms with E-state index in [0.717, 1.165) is 10.4 Å². The van der Waals surface area contributed by atoms with Gasteiger partial charge in [-0.2, -0.15) is 5.26 Å². The Kier molecular flexibility index (Phi) is 5.97. The molecule has 1 amide bonds. The molecule has 27 heavy (non-hydrogen) atoms. The minimum atomic E-state index is -0.569. The third-order valence-electron chi connectivity index (χ3n) is 3.64. The Morgan fingerprint density at radius 3 is 2.70 bits per heavy atom. The summed E-state index contributed by atoms with van der Waals surface area (Å²) in [4.78, 5) is 17.4. The zero-order valence-corrected chi connectivity index (χ0v) is 15.5. The molecule has 0 atom stereocenters. The molecule has 3 aromatic rings. The minimum Gasteiger partial charge on any atom is -0.297 e. The lowest BCUT2D eigenvalue weighted by molar-refractivity contribution is -0.112. The van der Waals surface area contributed by atoms with Crippen molar-refractivity contribution in [1.29, 1.82) is 5.26 Å². The molecule has 2 aromatic carbocycles. The molecular weight excluding hydrogens is 385 g/mol. The van der Waals surface area contributed by atoms with Crippen LogP contribution < -0.4 is 5.32 Å². The maximum Gasteiger partial charge on any atom is 0.268 e. The summed E-state index contributed by atoms with van der Waals surface area (Å²) in [5.74, 6) is -0.954. The summed E-state index contributed by atoms with van der Waals surface area (Å²) >= 11 is 7.47. The van der Waals surface area contributed by atoms with Gasteiger partial charge in [-0.05, 0) is 35.4 Å². The number of aromatic nitrogens is 1. The molecule has 0 spiro atoms. The van der Waals surface area contributed by atoms with Gasteiger partial charge >= 0.3 is 0 Å². The first kappa shape index (κ1) is 18.8. The van der Waals surface area contributed by atoms with Crippen LogP contribution in [0.4, 0.5) is 9.52 Å². The fraction of sp³-hybridized carbons (Fsp3) is 0.0500. The fourth-order valence-electron chi connectivity index (χ4n) is 2.32. The number of thiazole rings is 1. The molecule has 1 heterocycles. The van der Waals surface area contributed by atoms with Crippen LogP contribution in [0.5, 0.6) is 0 Å². The first-order valence-corrected chi connectivity index (χ1v) is 9.11. The number of nitrogens with one attached hydrogen (secondary N) is 1. The number of amides is 1. The third-order valence-corrected chi connectivity index (χ3v) is 4.92. The third kappa shape index (κ3) is 5.00. The highest BCUT2D eigenvalue weighted by molar-refractivity contribution is 7.15. The summed E-state index contributed by atoms with van der Waals surface area (Å²) < 4.78 is 13.0. The van der Waals surface area contributed by atoms with E-state index in [2.05, 4.69) is 10.3 Å². The zero-order valence-electron chi connectivity index (χ0n) is 13.9. The van der Waals surface area contributed by atoms with Crippen molar-refractivity contribution < 1.29 is 9.18 Å². The average Bonchev–Trinajstić information content (AvgIpc) is 3.10. The second-order valence-electron chi connectivity index (χ2n) is 5.58. The van der Waals surface area contributed by atoms with Gasteiger partial charge < -0.3 is 0 Å². The molecule has 0 unspecified atom stereocenters. The highest BCUT2D eigenvalue weighted by atomic mass is 35.5. The molecule has 0 aliphatic heterocycles. The Morgan fingerprint density at radius 1 is 1.26 bits per heavy atom. The second-order valence-corrected chi connectivity index (χ2v) is 7.10. The first-order chi connectivity index (χ1) is 13.0. The lowest BCUT2D eigenvalue weighted by atomic mass is 10.1. The van der Waals surface area contributed by atoms with E-state index in [0.29, 0.717) is 22.1 Å². The van der Waals surface area contributed by atoms with Crippen LogP contribution >= 0.6 is 22.9 Å². The molecule has 3 rings (SSSR count). The Morgan fingerprint density at radius 2 is 2.00 bits per heavy atom. The van der Waals surface area contributed by atoms with Gasteiger partial charge in [0.25, 0.3) is 5.91 Å². The molecule has 0 fully saturated rings. The summed E-state index contributed by atoms with van der Waals surface area (Å²) in [5.41, 5.74) is 1.43. The van der Waals surface area contributed by atoms with Gasteiger partial charge in [0.1, 0.15) is 17.5 Å². The highest BCUT2D eigenvalue weighted by Gasteiger charge is 2.12. The number of halogens is 2. The topological polar surface area (TPSA) is 65.8 Å². The van der Waals surface area contributed by atoms with E-state index in [-0.39, 0.29) is 11.4 Å². The van der Waals surface area contributed by atoms with Gasteiger partial charge in [0, 0.05) is 22.5 Å². The molecule has 4 nitrogen and oxygen atoms in total. The molecule has 134 valence electrons. The minimum absolute atomic E-state index is 0.0931. The number of carbonyl (C=O) groups excluding carboxylic acids is 1. The summed E-state index contributed by atoms with van der Waals surface area (Å²) in [6.07, 6.45) is 3.66. The number of carbonyl (C=O) groups is 1. The molecule has 0 aliphatic carbocycles. The lowest BCUT2D eigenvalue weighted by Crippen LogP contribution is -2.13. The maximum atomic E-state index is 13.0. The number of hydrogen-bond acceptors (Lipinski definition) is 4. The predicted octanol–water partition coefficient (Wildman–Crippen LogP) is 5.07. The number of rotatable bonds is 5. The van der Waals surface area contributed by atoms with Crippen molar-refractivity contribution in [1.82, 2.24) is 4.98 Å². The van der Waals surface area contributed by atoms with Crippen molar-refractivity contribution in [3.63, 3.8) is 0 Å². The normalized spacial score (nSPS) is 11.1. The summed E-state index contributed by atoms with van der Waals surface area (Å²) in [7, 11) is 0. The highest BCUT2D eigenvalue weighted by Crippen LogP contribution is 2.25. The van der Waals surface area contributed by atoms with E-state index in [4.69, 9.17) is 11.6 Å². The van der Waals surface area contributed by atoms with Gasteiger partial charge in [-0.15, -0.1) is 11.3 Å². The number of nitriles is 1. The number of nitrogens with zero attached hydrogens (tertiary/aromatic N) is 2. The molecule has 0 radical (unpaired) electrons. The molecule has 1 N–H and O–H groups in total. The van der Waals surface area contributed by atoms with E-state index < -0.39 is 5.91 Å². The van der Waals surface area contributed by atoms with Crippen molar-refractivity contribution in [3.05, 3.63) is 87.1 Å². The number of anilines is 1. The van der Waals surface area contributed by atoms with Crippen molar-refractivity contribution >= 4 is 40.1 Å². The van der Waals surface area contributed by atoms with Crippen LogP contribution in [0.3, 0.4) is 0 Å². The van der Waals surface area contributed by atoms with E-state index in [9.17, 15) is 14.4 Å². The Hall–Kier alpha value is -3.01. The van der Waals surface area contributed by atoms with Crippen LogP contribution in [-0.4, -0.2) is 10.9 Å². The standard InChI is InChI=1S/C20H13ClFN3OS/c21-18-4-2-1-3-14(18)10-17-12-24-20(27-17)25-19(26)15(11-23)9-13-5-7-16(22)8-6-13/h1-9,12H,10H2,(H,24,25,26). The molecule has 1 aromatic heterocycles. The van der Waals surface area contributed by atoms with Crippen LogP contribution in [0.1, 0.15) is 16.0 Å². The van der Waals surface area contributed by atoms with Gasteiger partial charge in [-0.1, -0.05) is 41.9 Å². The van der Waals surface area contributed by atoms with Crippen LogP contribution in [0.15, 0.2) is 60.3 Å². The first-order valence-electron chi connectivity index (χ1n) is 7.92. The lowest BCUT2D eigenvalue weighted by Gasteiger charge is -2.01. The molecule has 0 bridgehead atoms. The van der Waals surface area contributed by atoms with Gasteiger partial charge in [-0.3, -0.25) is 10.1 Å². The Labute approximate surface area is 164 Å². The summed E-state index contributed by atoms with van der Waals surface area (Å²) in [5, 5.41) is 12.9. The van der Waals surface area contributed by atoms with Crippen molar-refractivity contribution in [2.24, 2.45) is 0 Å². The molecular formula is C20H13ClFN3OS. The summed E-state index contributed by atoms with van der Waals surface area (Å²) in [6.45, 7) is 0. The monoisotopic (exact) mass is 397 g/mol. The Balaban J connectivity index is 1.70. The summed E-state index contributed by atoms with van der Waals surface area (Å²) in [6, 6.07) is 14.9. The van der Waals surface area contributed by atoms with E-state index in [1.54, 1.807) is 6.20 Å². The zero-order chi connectivity index (χ0) is 19.2. The Bertz CT molecular complexity index is 1040. The quantitative estimate of drug-likeness (QED) is 0.482. The van der Waals surface area contributed by atoms with Crippen molar-refractivity contribution in [2.45, 2.75) is 6.42 Å². The van der Waals surface area contributed by atoms with Crippen LogP contribution in [-0.2, 0) is 11.2 Å². The fourth-order valence-corrected chi connectivity index (χ4v) is 3.35. The van der Waals surface area contributed by atoms with Crippen molar-refractivity contribution in [2.75, 3.05) is 5.32 Å². The molecule has 0 aliphatic rings. The van der Waals surface area contributed by atoms with E-state index in [1.165, 1.54) is 41.7 Å². The van der Waals surface area contributed by atoms with Crippen molar-refractivity contribution in [3.8, 4) is 6.07 Å². The van der Waals surface area contributed by atoms with E-state index in [1.807, 2.05) is 30.3 Å². The SMILES string of the molecule is N#CC(=Cc1ccc(F)cc1)C(=O)Nc1ncc(Cc2ccccc2Cl)s1. The molecule has 0 saturated carbocycles. The van der Waals surface area contributed by atoms with Crippen LogP contribution in [0, 0.1) is 17.1 Å². The maximum absolute atomic E-state index is 13.0. The largest absolute Gasteiger partial charge is 0.297 e. The second kappa shape index (κ2) is 8.58. The average molecular weight is 398 g/mol. The van der Waals surface area contributed by atoms with Gasteiger partial charge in [0.2, 0.25) is 0 Å².